The lowest BCUT2D eigenvalue weighted by molar-refractivity contribution is 0.0122. The number of terminal acetylenes is 1. The predicted molar refractivity (Wildman–Crippen MR) is 188 cm³/mol. The van der Waals surface area contributed by atoms with E-state index in [9.17, 15) is 14.4 Å². The molecule has 1 amide bonds. The first-order valence-corrected chi connectivity index (χ1v) is 17.6. The lowest BCUT2D eigenvalue weighted by Gasteiger charge is -2.42. The van der Waals surface area contributed by atoms with Gasteiger partial charge in [-0.15, -0.1) is 6.42 Å². The summed E-state index contributed by atoms with van der Waals surface area (Å²) in [5.74, 6) is 1.47. The summed E-state index contributed by atoms with van der Waals surface area (Å²) >= 11 is 0. The minimum atomic E-state index is -0.762. The molecular formula is C39H39F2N7O3. The van der Waals surface area contributed by atoms with Gasteiger partial charge in [0.2, 0.25) is 0 Å². The first kappa shape index (κ1) is 33.1. The Morgan fingerprint density at radius 1 is 1.10 bits per heavy atom. The highest BCUT2D eigenvalue weighted by Gasteiger charge is 2.46. The van der Waals surface area contributed by atoms with Gasteiger partial charge in [-0.25, -0.2) is 13.6 Å². The van der Waals surface area contributed by atoms with Crippen molar-refractivity contribution in [1.29, 1.82) is 5.26 Å². The van der Waals surface area contributed by atoms with E-state index < -0.39 is 17.2 Å². The number of piperazine rings is 1. The smallest absolute Gasteiger partial charge is 0.410 e. The summed E-state index contributed by atoms with van der Waals surface area (Å²) in [5, 5.41) is 11.0. The van der Waals surface area contributed by atoms with Crippen LogP contribution in [0.15, 0.2) is 30.5 Å². The van der Waals surface area contributed by atoms with Gasteiger partial charge in [0.15, 0.2) is 5.82 Å². The van der Waals surface area contributed by atoms with Crippen molar-refractivity contribution in [2.24, 2.45) is 0 Å². The Morgan fingerprint density at radius 2 is 1.82 bits per heavy atom. The molecule has 4 aromatic rings. The molecule has 0 aliphatic carbocycles. The van der Waals surface area contributed by atoms with Crippen LogP contribution in [0.4, 0.5) is 19.4 Å². The second-order valence-corrected chi connectivity index (χ2v) is 15.2. The molecule has 6 heterocycles. The van der Waals surface area contributed by atoms with Crippen molar-refractivity contribution in [1.82, 2.24) is 24.8 Å². The molecule has 0 saturated carbocycles. The summed E-state index contributed by atoms with van der Waals surface area (Å²) < 4.78 is 44.2. The number of nitrogens with zero attached hydrogens (tertiary/aromatic N) is 7. The molecule has 2 atom stereocenters. The number of carbonyl (C=O) groups is 1. The Labute approximate surface area is 295 Å². The van der Waals surface area contributed by atoms with Gasteiger partial charge >= 0.3 is 12.1 Å². The Balaban J connectivity index is 1.24. The quantitative estimate of drug-likeness (QED) is 0.215. The van der Waals surface area contributed by atoms with Crippen molar-refractivity contribution >= 4 is 33.6 Å². The van der Waals surface area contributed by atoms with Crippen molar-refractivity contribution in [2.45, 2.75) is 82.5 Å². The molecule has 262 valence electrons. The van der Waals surface area contributed by atoms with Crippen LogP contribution in [0.3, 0.4) is 0 Å². The van der Waals surface area contributed by atoms with E-state index in [-0.39, 0.29) is 63.0 Å². The summed E-state index contributed by atoms with van der Waals surface area (Å²) in [6.07, 6.45) is 12.8. The average Bonchev–Trinajstić information content (AvgIpc) is 3.77. The molecule has 0 unspecified atom stereocenters. The van der Waals surface area contributed by atoms with Crippen LogP contribution in [0.25, 0.3) is 32.9 Å². The van der Waals surface area contributed by atoms with E-state index in [1.807, 2.05) is 25.7 Å². The summed E-state index contributed by atoms with van der Waals surface area (Å²) in [6, 6.07) is 7.73. The molecule has 4 aliphatic rings. The third-order valence-corrected chi connectivity index (χ3v) is 10.9. The third kappa shape index (κ3) is 5.66. The summed E-state index contributed by atoms with van der Waals surface area (Å²) in [4.78, 5) is 33.7. The lowest BCUT2D eigenvalue weighted by atomic mass is 9.94. The highest BCUT2D eigenvalue weighted by atomic mass is 19.1. The zero-order valence-corrected chi connectivity index (χ0v) is 29.0. The Kier molecular flexibility index (Phi) is 7.99. The predicted octanol–water partition coefficient (Wildman–Crippen LogP) is 6.57. The molecule has 0 spiro atoms. The van der Waals surface area contributed by atoms with Crippen LogP contribution in [0.2, 0.25) is 0 Å². The summed E-state index contributed by atoms with van der Waals surface area (Å²) in [5.41, 5.74) is -0.453. The Hall–Kier alpha value is -5.07. The molecule has 2 bridgehead atoms. The van der Waals surface area contributed by atoms with Crippen LogP contribution in [0.1, 0.15) is 70.4 Å². The summed E-state index contributed by atoms with van der Waals surface area (Å²) in [7, 11) is 0. The van der Waals surface area contributed by atoms with Gasteiger partial charge in [-0.05, 0) is 96.0 Å². The van der Waals surface area contributed by atoms with E-state index in [1.54, 1.807) is 6.07 Å². The van der Waals surface area contributed by atoms with Crippen molar-refractivity contribution in [3.63, 3.8) is 0 Å². The van der Waals surface area contributed by atoms with Gasteiger partial charge in [0.1, 0.15) is 35.1 Å². The van der Waals surface area contributed by atoms with E-state index in [0.29, 0.717) is 36.3 Å². The number of pyridine rings is 1. The summed E-state index contributed by atoms with van der Waals surface area (Å²) in [6.45, 7) is 8.92. The molecule has 10 nitrogen and oxygen atoms in total. The SMILES string of the molecule is C#Cc1c(F)ccc2cc(C#N)cc(-c3ncc4c(N5C[C@H]6CC[C@@H](C5)N6C(=O)OC(C)(C)C)nc(OCC56CCCN5CCC6)nc4c3F)c12. The maximum absolute atomic E-state index is 17.1. The largest absolute Gasteiger partial charge is 0.461 e. The fourth-order valence-electron chi connectivity index (χ4n) is 8.70. The van der Waals surface area contributed by atoms with Crippen LogP contribution in [0, 0.1) is 35.3 Å². The first-order valence-electron chi connectivity index (χ1n) is 17.6. The highest BCUT2D eigenvalue weighted by Crippen LogP contribution is 2.42. The number of carbonyl (C=O) groups excluding carboxylic acids is 1. The maximum atomic E-state index is 17.1. The van der Waals surface area contributed by atoms with Gasteiger partial charge in [-0.1, -0.05) is 12.0 Å². The van der Waals surface area contributed by atoms with Gasteiger partial charge in [0, 0.05) is 30.2 Å². The van der Waals surface area contributed by atoms with Gasteiger partial charge in [0.05, 0.1) is 40.2 Å². The van der Waals surface area contributed by atoms with Crippen molar-refractivity contribution in [3.8, 4) is 35.7 Å². The second-order valence-electron chi connectivity index (χ2n) is 15.2. The number of fused-ring (bicyclic) bond motifs is 5. The first-order chi connectivity index (χ1) is 24.5. The minimum Gasteiger partial charge on any atom is -0.461 e. The van der Waals surface area contributed by atoms with E-state index in [2.05, 4.69) is 31.8 Å². The van der Waals surface area contributed by atoms with Crippen molar-refractivity contribution < 1.29 is 23.0 Å². The van der Waals surface area contributed by atoms with Gasteiger partial charge in [-0.3, -0.25) is 14.8 Å². The number of rotatable bonds is 5. The minimum absolute atomic E-state index is 0.0108. The van der Waals surface area contributed by atoms with Crippen molar-refractivity contribution in [3.05, 3.63) is 53.2 Å². The van der Waals surface area contributed by atoms with Crippen LogP contribution >= 0.6 is 0 Å². The van der Waals surface area contributed by atoms with Crippen LogP contribution in [0.5, 0.6) is 6.01 Å². The molecule has 2 aromatic carbocycles. The molecule has 4 fully saturated rings. The monoisotopic (exact) mass is 691 g/mol. The Bertz CT molecular complexity index is 2150. The van der Waals surface area contributed by atoms with Crippen LogP contribution in [-0.4, -0.2) is 86.9 Å². The van der Waals surface area contributed by atoms with Gasteiger partial charge < -0.3 is 14.4 Å². The molecule has 0 N–H and O–H groups in total. The van der Waals surface area contributed by atoms with Gasteiger partial charge in [-0.2, -0.15) is 15.2 Å². The number of nitriles is 1. The molecule has 12 heteroatoms. The number of halogens is 2. The number of amides is 1. The molecule has 2 aromatic heterocycles. The van der Waals surface area contributed by atoms with E-state index >= 15 is 4.39 Å². The standard InChI is InChI=1S/C39H39F2N7O3/c1-5-27-30(40)11-8-24-16-23(18-42)17-28(31(24)27)33-32(41)34-29(19-43-33)35(45-36(44-34)50-22-39-12-6-14-47(39)15-7-13-39)46-20-25-9-10-26(21-46)48(25)37(49)51-38(2,3)4/h1,8,11,16-17,19,25-26H,6-7,9-10,12-15,20-22H2,2-4H3/t25-,26+. The molecule has 51 heavy (non-hydrogen) atoms. The van der Waals surface area contributed by atoms with Crippen LogP contribution < -0.4 is 9.64 Å². The topological polar surface area (TPSA) is 108 Å². The average molecular weight is 692 g/mol. The van der Waals surface area contributed by atoms with E-state index in [1.165, 1.54) is 24.4 Å². The normalized spacial score (nSPS) is 21.2. The molecule has 4 aliphatic heterocycles. The van der Waals surface area contributed by atoms with E-state index in [4.69, 9.17) is 20.9 Å². The lowest BCUT2D eigenvalue weighted by Crippen LogP contribution is -2.57. The van der Waals surface area contributed by atoms with Crippen LogP contribution in [-0.2, 0) is 4.74 Å². The number of benzene rings is 2. The second kappa shape index (κ2) is 12.3. The number of aromatic nitrogens is 3. The fraction of sp³-hybridized carbons (Fsp3) is 0.462. The molecule has 4 saturated heterocycles. The number of hydrogen-bond donors (Lipinski definition) is 0. The Morgan fingerprint density at radius 3 is 2.49 bits per heavy atom. The number of hydrogen-bond acceptors (Lipinski definition) is 9. The number of anilines is 1. The number of ether oxygens (including phenoxy) is 2. The maximum Gasteiger partial charge on any atom is 0.410 e. The molecule has 8 rings (SSSR count). The highest BCUT2D eigenvalue weighted by molar-refractivity contribution is 6.03. The zero-order valence-electron chi connectivity index (χ0n) is 29.0. The molecule has 0 radical (unpaired) electrons. The fourth-order valence-corrected chi connectivity index (χ4v) is 8.70. The van der Waals surface area contributed by atoms with E-state index in [0.717, 1.165) is 51.6 Å². The van der Waals surface area contributed by atoms with Gasteiger partial charge in [0.25, 0.3) is 0 Å². The zero-order chi connectivity index (χ0) is 35.7. The van der Waals surface area contributed by atoms with Crippen molar-refractivity contribution in [2.75, 3.05) is 37.7 Å². The molecular weight excluding hydrogens is 652 g/mol. The third-order valence-electron chi connectivity index (χ3n) is 10.9.